The summed E-state index contributed by atoms with van der Waals surface area (Å²) in [5, 5.41) is 13.5. The first-order chi connectivity index (χ1) is 10.2. The molecule has 0 bridgehead atoms. The molecule has 1 unspecified atom stereocenters. The summed E-state index contributed by atoms with van der Waals surface area (Å²) < 4.78 is 5.37. The third kappa shape index (κ3) is 5.11. The Balaban J connectivity index is 1.90. The largest absolute Gasteiger partial charge is 0.481 e. The Bertz CT molecular complexity index is 458. The van der Waals surface area contributed by atoms with Crippen LogP contribution in [-0.4, -0.2) is 54.7 Å². The first-order valence-corrected chi connectivity index (χ1v) is 7.88. The van der Waals surface area contributed by atoms with Crippen molar-refractivity contribution in [3.8, 4) is 0 Å². The zero-order valence-electron chi connectivity index (χ0n) is 11.8. The van der Waals surface area contributed by atoms with Crippen LogP contribution < -0.4 is 5.32 Å². The average molecular weight is 312 g/mol. The van der Waals surface area contributed by atoms with Crippen molar-refractivity contribution in [2.45, 2.75) is 18.9 Å². The molecule has 1 aliphatic heterocycles. The molecule has 0 spiro atoms. The van der Waals surface area contributed by atoms with Crippen molar-refractivity contribution in [3.63, 3.8) is 0 Å². The Morgan fingerprint density at radius 1 is 1.38 bits per heavy atom. The Kier molecular flexibility index (Phi) is 6.16. The maximum atomic E-state index is 11.7. The van der Waals surface area contributed by atoms with Crippen molar-refractivity contribution in [1.82, 2.24) is 10.2 Å². The van der Waals surface area contributed by atoms with E-state index in [0.29, 0.717) is 19.8 Å². The van der Waals surface area contributed by atoms with E-state index in [1.54, 1.807) is 11.3 Å². The highest BCUT2D eigenvalue weighted by Crippen LogP contribution is 2.25. The van der Waals surface area contributed by atoms with Crippen LogP contribution in [0, 0.1) is 0 Å². The molecular weight excluding hydrogens is 292 g/mol. The minimum Gasteiger partial charge on any atom is -0.481 e. The minimum absolute atomic E-state index is 0.0234. The van der Waals surface area contributed by atoms with Gasteiger partial charge in [0.1, 0.15) is 0 Å². The van der Waals surface area contributed by atoms with Gasteiger partial charge in [-0.25, -0.2) is 0 Å². The number of carboxylic acid groups (broad SMARTS) is 1. The molecule has 2 N–H and O–H groups in total. The number of carbonyl (C=O) groups is 2. The molecule has 1 aliphatic rings. The molecule has 21 heavy (non-hydrogen) atoms. The van der Waals surface area contributed by atoms with E-state index >= 15 is 0 Å². The van der Waals surface area contributed by atoms with E-state index in [-0.39, 0.29) is 24.8 Å². The summed E-state index contributed by atoms with van der Waals surface area (Å²) >= 11 is 1.67. The fourth-order valence-electron chi connectivity index (χ4n) is 2.30. The second kappa shape index (κ2) is 8.11. The number of hydrogen-bond acceptors (Lipinski definition) is 5. The number of ether oxygens (including phenoxy) is 1. The molecule has 1 fully saturated rings. The average Bonchev–Trinajstić information content (AvgIpc) is 3.00. The van der Waals surface area contributed by atoms with Crippen LogP contribution in [0.1, 0.15) is 23.8 Å². The molecule has 116 valence electrons. The lowest BCUT2D eigenvalue weighted by atomic mass is 10.2. The van der Waals surface area contributed by atoms with Crippen molar-refractivity contribution in [3.05, 3.63) is 22.4 Å². The van der Waals surface area contributed by atoms with Crippen LogP contribution in [-0.2, 0) is 14.3 Å². The highest BCUT2D eigenvalue weighted by molar-refractivity contribution is 7.10. The first kappa shape index (κ1) is 15.9. The number of carbonyl (C=O) groups excluding carboxylic acids is 1. The van der Waals surface area contributed by atoms with Gasteiger partial charge in [-0.3, -0.25) is 14.5 Å². The lowest BCUT2D eigenvalue weighted by molar-refractivity contribution is -0.138. The third-order valence-corrected chi connectivity index (χ3v) is 4.39. The topological polar surface area (TPSA) is 78.9 Å². The monoisotopic (exact) mass is 312 g/mol. The SMILES string of the molecule is O=C(O)CCC(=O)NCC(c1cccs1)N1CCOCC1. The molecule has 1 amide bonds. The molecule has 0 aromatic carbocycles. The van der Waals surface area contributed by atoms with E-state index in [9.17, 15) is 9.59 Å². The molecule has 0 aliphatic carbocycles. The van der Waals surface area contributed by atoms with Crippen LogP contribution in [0.5, 0.6) is 0 Å². The van der Waals surface area contributed by atoms with Gasteiger partial charge in [0.2, 0.25) is 5.91 Å². The number of amides is 1. The van der Waals surface area contributed by atoms with Gasteiger partial charge in [-0.05, 0) is 11.4 Å². The van der Waals surface area contributed by atoms with E-state index in [0.717, 1.165) is 13.1 Å². The van der Waals surface area contributed by atoms with Crippen LogP contribution in [0.25, 0.3) is 0 Å². The fraction of sp³-hybridized carbons (Fsp3) is 0.571. The van der Waals surface area contributed by atoms with E-state index in [1.807, 2.05) is 11.4 Å². The highest BCUT2D eigenvalue weighted by Gasteiger charge is 2.23. The van der Waals surface area contributed by atoms with Gasteiger partial charge < -0.3 is 15.2 Å². The number of thiophene rings is 1. The molecule has 1 atom stereocenters. The van der Waals surface area contributed by atoms with Crippen molar-refractivity contribution in [1.29, 1.82) is 0 Å². The summed E-state index contributed by atoms with van der Waals surface area (Å²) in [7, 11) is 0. The minimum atomic E-state index is -0.951. The standard InChI is InChI=1S/C14H20N2O4S/c17-13(3-4-14(18)19)15-10-11(12-2-1-9-21-12)16-5-7-20-8-6-16/h1-2,9,11H,3-8,10H2,(H,15,17)(H,18,19). The van der Waals surface area contributed by atoms with Gasteiger partial charge in [0.15, 0.2) is 0 Å². The second-order valence-corrected chi connectivity index (χ2v) is 5.86. The van der Waals surface area contributed by atoms with Gasteiger partial charge in [-0.1, -0.05) is 6.07 Å². The molecular formula is C14H20N2O4S. The third-order valence-electron chi connectivity index (χ3n) is 3.42. The molecule has 6 nitrogen and oxygen atoms in total. The van der Waals surface area contributed by atoms with Gasteiger partial charge in [-0.2, -0.15) is 0 Å². The lowest BCUT2D eigenvalue weighted by Crippen LogP contribution is -2.43. The number of nitrogens with one attached hydrogen (secondary N) is 1. The maximum absolute atomic E-state index is 11.7. The Hall–Kier alpha value is -1.44. The number of hydrogen-bond donors (Lipinski definition) is 2. The summed E-state index contributed by atoms with van der Waals surface area (Å²) in [5.74, 6) is -1.17. The van der Waals surface area contributed by atoms with Gasteiger partial charge in [0, 0.05) is 30.9 Å². The van der Waals surface area contributed by atoms with E-state index < -0.39 is 5.97 Å². The first-order valence-electron chi connectivity index (χ1n) is 7.00. The molecule has 7 heteroatoms. The number of aliphatic carboxylic acids is 1. The fourth-order valence-corrected chi connectivity index (χ4v) is 3.16. The zero-order chi connectivity index (χ0) is 15.1. The smallest absolute Gasteiger partial charge is 0.303 e. The molecule has 0 saturated carbocycles. The van der Waals surface area contributed by atoms with Crippen LogP contribution in [0.15, 0.2) is 17.5 Å². The van der Waals surface area contributed by atoms with Crippen LogP contribution in [0.3, 0.4) is 0 Å². The summed E-state index contributed by atoms with van der Waals surface area (Å²) in [6.07, 6.45) is -0.108. The summed E-state index contributed by atoms with van der Waals surface area (Å²) in [5.41, 5.74) is 0. The van der Waals surface area contributed by atoms with Crippen molar-refractivity contribution >= 4 is 23.2 Å². The normalized spacial score (nSPS) is 17.3. The molecule has 1 aromatic rings. The summed E-state index contributed by atoms with van der Waals surface area (Å²) in [6.45, 7) is 3.59. The molecule has 1 saturated heterocycles. The highest BCUT2D eigenvalue weighted by atomic mass is 32.1. The molecule has 2 rings (SSSR count). The molecule has 1 aromatic heterocycles. The van der Waals surface area contributed by atoms with E-state index in [4.69, 9.17) is 9.84 Å². The van der Waals surface area contributed by atoms with Crippen molar-refractivity contribution in [2.24, 2.45) is 0 Å². The van der Waals surface area contributed by atoms with Gasteiger partial charge in [0.25, 0.3) is 0 Å². The van der Waals surface area contributed by atoms with Crippen molar-refractivity contribution in [2.75, 3.05) is 32.8 Å². The Labute approximate surface area is 127 Å². The van der Waals surface area contributed by atoms with Crippen LogP contribution in [0.2, 0.25) is 0 Å². The van der Waals surface area contributed by atoms with Gasteiger partial charge >= 0.3 is 5.97 Å². The van der Waals surface area contributed by atoms with Crippen LogP contribution >= 0.6 is 11.3 Å². The van der Waals surface area contributed by atoms with Gasteiger partial charge in [-0.15, -0.1) is 11.3 Å². The summed E-state index contributed by atoms with van der Waals surface area (Å²) in [6, 6.07) is 4.19. The predicted octanol–water partition coefficient (Wildman–Crippen LogP) is 1.10. The van der Waals surface area contributed by atoms with Crippen LogP contribution in [0.4, 0.5) is 0 Å². The summed E-state index contributed by atoms with van der Waals surface area (Å²) in [4.78, 5) is 25.7. The number of nitrogens with zero attached hydrogens (tertiary/aromatic N) is 1. The number of morpholine rings is 1. The Morgan fingerprint density at radius 3 is 2.76 bits per heavy atom. The van der Waals surface area contributed by atoms with E-state index in [1.165, 1.54) is 4.88 Å². The number of carboxylic acids is 1. The molecule has 0 radical (unpaired) electrons. The number of rotatable bonds is 7. The predicted molar refractivity (Wildman–Crippen MR) is 79.3 cm³/mol. The maximum Gasteiger partial charge on any atom is 0.303 e. The van der Waals surface area contributed by atoms with Crippen molar-refractivity contribution < 1.29 is 19.4 Å². The zero-order valence-corrected chi connectivity index (χ0v) is 12.6. The Morgan fingerprint density at radius 2 is 2.14 bits per heavy atom. The second-order valence-electron chi connectivity index (χ2n) is 4.88. The van der Waals surface area contributed by atoms with E-state index in [2.05, 4.69) is 16.3 Å². The quantitative estimate of drug-likeness (QED) is 0.788. The lowest BCUT2D eigenvalue weighted by Gasteiger charge is -2.34. The molecule has 2 heterocycles. The van der Waals surface area contributed by atoms with Gasteiger partial charge in [0.05, 0.1) is 25.7 Å².